The molecule has 3 heterocycles. The van der Waals surface area contributed by atoms with Crippen LogP contribution in [0, 0.1) is 5.41 Å². The van der Waals surface area contributed by atoms with E-state index in [1.165, 1.54) is 6.42 Å². The summed E-state index contributed by atoms with van der Waals surface area (Å²) >= 11 is 0. The van der Waals surface area contributed by atoms with Gasteiger partial charge in [0.15, 0.2) is 0 Å². The summed E-state index contributed by atoms with van der Waals surface area (Å²) in [5.74, 6) is 0.698. The summed E-state index contributed by atoms with van der Waals surface area (Å²) in [4.78, 5) is 24.0. The van der Waals surface area contributed by atoms with Crippen LogP contribution in [0.1, 0.15) is 31.4 Å². The van der Waals surface area contributed by atoms with Crippen LogP contribution in [0.5, 0.6) is 5.88 Å². The van der Waals surface area contributed by atoms with Gasteiger partial charge in [0, 0.05) is 38.0 Å². The Labute approximate surface area is 153 Å². The highest BCUT2D eigenvalue weighted by molar-refractivity contribution is 5.77. The van der Waals surface area contributed by atoms with E-state index in [1.54, 1.807) is 7.11 Å². The third-order valence-corrected chi connectivity index (χ3v) is 5.57. The van der Waals surface area contributed by atoms with Crippen LogP contribution in [-0.2, 0) is 16.0 Å². The number of ether oxygens (including phenoxy) is 2. The molecule has 1 amide bonds. The standard InChI is InChI=1S/C20H25N3O3/c1-25-19-17(21-15-5-2-3-6-16(15)22-19)7-8-18(24)23-11-4-9-20(13-23)10-12-26-14-20/h2-3,5-6H,4,7-14H2,1H3. The Bertz CT molecular complexity index is 802. The molecular weight excluding hydrogens is 330 g/mol. The van der Waals surface area contributed by atoms with Gasteiger partial charge in [0.2, 0.25) is 11.8 Å². The van der Waals surface area contributed by atoms with Crippen molar-refractivity contribution in [2.45, 2.75) is 32.1 Å². The second kappa shape index (κ2) is 7.19. The fourth-order valence-corrected chi connectivity index (χ4v) is 4.12. The predicted molar refractivity (Wildman–Crippen MR) is 98.1 cm³/mol. The topological polar surface area (TPSA) is 64.6 Å². The molecule has 1 atom stereocenters. The summed E-state index contributed by atoms with van der Waals surface area (Å²) in [5, 5.41) is 0. The van der Waals surface area contributed by atoms with Crippen molar-refractivity contribution in [3.63, 3.8) is 0 Å². The molecule has 2 aliphatic heterocycles. The molecule has 6 nitrogen and oxygen atoms in total. The highest BCUT2D eigenvalue weighted by Crippen LogP contribution is 2.37. The Morgan fingerprint density at radius 3 is 2.81 bits per heavy atom. The van der Waals surface area contributed by atoms with Crippen LogP contribution in [0.3, 0.4) is 0 Å². The quantitative estimate of drug-likeness (QED) is 0.843. The van der Waals surface area contributed by atoms with Gasteiger partial charge in [0.05, 0.1) is 24.8 Å². The van der Waals surface area contributed by atoms with Crippen LogP contribution in [0.2, 0.25) is 0 Å². The number of hydrogen-bond acceptors (Lipinski definition) is 5. The van der Waals surface area contributed by atoms with Crippen molar-refractivity contribution in [1.82, 2.24) is 14.9 Å². The van der Waals surface area contributed by atoms with E-state index in [0.717, 1.165) is 55.9 Å². The monoisotopic (exact) mass is 355 g/mol. The van der Waals surface area contributed by atoms with Crippen molar-refractivity contribution in [1.29, 1.82) is 0 Å². The van der Waals surface area contributed by atoms with Gasteiger partial charge in [-0.05, 0) is 31.4 Å². The van der Waals surface area contributed by atoms with Gasteiger partial charge in [-0.3, -0.25) is 4.79 Å². The highest BCUT2D eigenvalue weighted by atomic mass is 16.5. The number of benzene rings is 1. The number of aromatic nitrogens is 2. The van der Waals surface area contributed by atoms with E-state index >= 15 is 0 Å². The number of carbonyl (C=O) groups excluding carboxylic acids is 1. The molecule has 1 spiro atoms. The van der Waals surface area contributed by atoms with Crippen molar-refractivity contribution in [3.8, 4) is 5.88 Å². The molecule has 26 heavy (non-hydrogen) atoms. The Kier molecular flexibility index (Phi) is 4.76. The second-order valence-corrected chi connectivity index (χ2v) is 7.39. The first-order chi connectivity index (χ1) is 12.7. The SMILES string of the molecule is COc1nc2ccccc2nc1CCC(=O)N1CCCC2(CCOC2)C1. The number of piperidine rings is 1. The number of aryl methyl sites for hydroxylation is 1. The normalized spacial score (nSPS) is 22.9. The lowest BCUT2D eigenvalue weighted by molar-refractivity contribution is -0.134. The predicted octanol–water partition coefficient (Wildman–Crippen LogP) is 2.60. The van der Waals surface area contributed by atoms with Crippen LogP contribution in [0.25, 0.3) is 11.0 Å². The maximum atomic E-state index is 12.8. The second-order valence-electron chi connectivity index (χ2n) is 7.39. The van der Waals surface area contributed by atoms with Crippen molar-refractivity contribution in [2.24, 2.45) is 5.41 Å². The number of para-hydroxylation sites is 2. The first-order valence-corrected chi connectivity index (χ1v) is 9.34. The van der Waals surface area contributed by atoms with Gasteiger partial charge in [-0.1, -0.05) is 12.1 Å². The van der Waals surface area contributed by atoms with E-state index in [-0.39, 0.29) is 11.3 Å². The molecular formula is C20H25N3O3. The van der Waals surface area contributed by atoms with Crippen LogP contribution in [-0.4, -0.2) is 54.2 Å². The maximum Gasteiger partial charge on any atom is 0.235 e. The van der Waals surface area contributed by atoms with Crippen LogP contribution >= 0.6 is 0 Å². The van der Waals surface area contributed by atoms with Gasteiger partial charge in [0.1, 0.15) is 5.69 Å². The minimum absolute atomic E-state index is 0.188. The molecule has 2 aliphatic rings. The Morgan fingerprint density at radius 1 is 1.27 bits per heavy atom. The van der Waals surface area contributed by atoms with Crippen molar-refractivity contribution >= 4 is 16.9 Å². The number of amides is 1. The number of likely N-dealkylation sites (tertiary alicyclic amines) is 1. The maximum absolute atomic E-state index is 12.8. The molecule has 4 rings (SSSR count). The molecule has 0 saturated carbocycles. The van der Waals surface area contributed by atoms with E-state index in [2.05, 4.69) is 9.97 Å². The van der Waals surface area contributed by atoms with E-state index in [4.69, 9.17) is 9.47 Å². The zero-order valence-corrected chi connectivity index (χ0v) is 15.2. The molecule has 0 N–H and O–H groups in total. The number of hydrogen-bond donors (Lipinski definition) is 0. The Morgan fingerprint density at radius 2 is 2.08 bits per heavy atom. The number of rotatable bonds is 4. The smallest absolute Gasteiger partial charge is 0.235 e. The minimum Gasteiger partial charge on any atom is -0.480 e. The molecule has 138 valence electrons. The third kappa shape index (κ3) is 3.38. The molecule has 0 bridgehead atoms. The lowest BCUT2D eigenvalue weighted by Gasteiger charge is -2.39. The Balaban J connectivity index is 1.45. The first-order valence-electron chi connectivity index (χ1n) is 9.34. The van der Waals surface area contributed by atoms with Gasteiger partial charge < -0.3 is 14.4 Å². The van der Waals surface area contributed by atoms with Gasteiger partial charge >= 0.3 is 0 Å². The molecule has 2 fully saturated rings. The summed E-state index contributed by atoms with van der Waals surface area (Å²) in [7, 11) is 1.60. The third-order valence-electron chi connectivity index (χ3n) is 5.57. The van der Waals surface area contributed by atoms with Crippen LogP contribution in [0.15, 0.2) is 24.3 Å². The number of carbonyl (C=O) groups is 1. The van der Waals surface area contributed by atoms with Crippen molar-refractivity contribution < 1.29 is 14.3 Å². The zero-order chi connectivity index (χ0) is 18.0. The molecule has 1 aromatic carbocycles. The van der Waals surface area contributed by atoms with Crippen LogP contribution < -0.4 is 4.74 Å². The minimum atomic E-state index is 0.188. The number of nitrogens with zero attached hydrogens (tertiary/aromatic N) is 3. The zero-order valence-electron chi connectivity index (χ0n) is 15.2. The molecule has 0 aliphatic carbocycles. The summed E-state index contributed by atoms with van der Waals surface area (Å²) < 4.78 is 11.0. The first kappa shape index (κ1) is 17.2. The largest absolute Gasteiger partial charge is 0.480 e. The van der Waals surface area contributed by atoms with Gasteiger partial charge in [-0.2, -0.15) is 0 Å². The fraction of sp³-hybridized carbons (Fsp3) is 0.550. The lowest BCUT2D eigenvalue weighted by atomic mass is 9.79. The average Bonchev–Trinajstić information content (AvgIpc) is 3.12. The Hall–Kier alpha value is -2.21. The lowest BCUT2D eigenvalue weighted by Crippen LogP contribution is -2.46. The molecule has 1 unspecified atom stereocenters. The van der Waals surface area contributed by atoms with E-state index < -0.39 is 0 Å². The number of fused-ring (bicyclic) bond motifs is 1. The molecule has 2 saturated heterocycles. The van der Waals surface area contributed by atoms with Crippen molar-refractivity contribution in [3.05, 3.63) is 30.0 Å². The summed E-state index contributed by atoms with van der Waals surface area (Å²) in [6, 6.07) is 7.71. The summed E-state index contributed by atoms with van der Waals surface area (Å²) in [5.41, 5.74) is 2.57. The van der Waals surface area contributed by atoms with E-state index in [1.807, 2.05) is 29.2 Å². The fourth-order valence-electron chi connectivity index (χ4n) is 4.12. The van der Waals surface area contributed by atoms with Gasteiger partial charge in [-0.25, -0.2) is 9.97 Å². The molecule has 0 radical (unpaired) electrons. The molecule has 6 heteroatoms. The molecule has 1 aromatic heterocycles. The van der Waals surface area contributed by atoms with Crippen LogP contribution in [0.4, 0.5) is 0 Å². The van der Waals surface area contributed by atoms with E-state index in [9.17, 15) is 4.79 Å². The molecule has 2 aromatic rings. The highest BCUT2D eigenvalue weighted by Gasteiger charge is 2.40. The average molecular weight is 355 g/mol. The summed E-state index contributed by atoms with van der Waals surface area (Å²) in [6.07, 6.45) is 4.27. The van der Waals surface area contributed by atoms with Gasteiger partial charge in [-0.15, -0.1) is 0 Å². The van der Waals surface area contributed by atoms with E-state index in [0.29, 0.717) is 18.7 Å². The number of methoxy groups -OCH3 is 1. The summed E-state index contributed by atoms with van der Waals surface area (Å²) in [6.45, 7) is 3.29. The van der Waals surface area contributed by atoms with Gasteiger partial charge in [0.25, 0.3) is 0 Å². The van der Waals surface area contributed by atoms with Crippen molar-refractivity contribution in [2.75, 3.05) is 33.4 Å².